The number of ether oxygens (including phenoxy) is 2. The summed E-state index contributed by atoms with van der Waals surface area (Å²) in [6.45, 7) is 10.9. The molecule has 56 heavy (non-hydrogen) atoms. The number of nitriles is 1. The predicted octanol–water partition coefficient (Wildman–Crippen LogP) is 4.51. The van der Waals surface area contributed by atoms with Crippen LogP contribution in [-0.4, -0.2) is 79.4 Å². The number of aliphatic hydroxyl groups excluding tert-OH is 2. The highest BCUT2D eigenvalue weighted by Crippen LogP contribution is 2.64. The zero-order chi connectivity index (χ0) is 39.4. The predicted molar refractivity (Wildman–Crippen MR) is 200 cm³/mol. The van der Waals surface area contributed by atoms with Crippen molar-refractivity contribution >= 4 is 62.5 Å². The van der Waals surface area contributed by atoms with E-state index in [9.17, 15) is 34.7 Å². The molecule has 8 heterocycles. The van der Waals surface area contributed by atoms with Gasteiger partial charge in [-0.25, -0.2) is 14.6 Å². The van der Waals surface area contributed by atoms with E-state index in [0.717, 1.165) is 0 Å². The smallest absolute Gasteiger partial charge is 0.240 e. The number of aliphatic hydroxyl groups is 2. The number of anilines is 2. The van der Waals surface area contributed by atoms with Crippen LogP contribution in [-0.2, 0) is 28.7 Å². The van der Waals surface area contributed by atoms with E-state index in [1.165, 1.54) is 9.80 Å². The number of hydrogen-bond acceptors (Lipinski definition) is 11. The summed E-state index contributed by atoms with van der Waals surface area (Å²) in [5.41, 5.74) is -0.310. The van der Waals surface area contributed by atoms with Crippen molar-refractivity contribution in [2.24, 2.45) is 23.7 Å². The molecule has 0 aliphatic carbocycles. The van der Waals surface area contributed by atoms with Crippen LogP contribution in [0.2, 0.25) is 0 Å². The summed E-state index contributed by atoms with van der Waals surface area (Å²) in [7, 11) is 0. The lowest BCUT2D eigenvalue weighted by Crippen LogP contribution is -2.42. The molecule has 14 heteroatoms. The maximum Gasteiger partial charge on any atom is 0.240 e. The molecule has 4 unspecified atom stereocenters. The first-order chi connectivity index (χ1) is 26.9. The highest BCUT2D eigenvalue weighted by atomic mass is 16.5. The molecule has 4 bridgehead atoms. The molecule has 6 saturated heterocycles. The van der Waals surface area contributed by atoms with Crippen LogP contribution in [0.1, 0.15) is 57.9 Å². The number of hydrogen-bond donors (Lipinski definition) is 2. The van der Waals surface area contributed by atoms with Gasteiger partial charge >= 0.3 is 0 Å². The van der Waals surface area contributed by atoms with Gasteiger partial charge in [0.2, 0.25) is 29.3 Å². The van der Waals surface area contributed by atoms with Crippen LogP contribution >= 0.6 is 0 Å². The van der Waals surface area contributed by atoms with Crippen molar-refractivity contribution in [3.05, 3.63) is 77.9 Å². The van der Waals surface area contributed by atoms with Crippen molar-refractivity contribution in [1.29, 1.82) is 5.26 Å². The minimum absolute atomic E-state index is 0.0900. The Hall–Kier alpha value is -5.64. The zero-order valence-electron chi connectivity index (χ0n) is 30.8. The molecule has 0 saturated carbocycles. The Kier molecular flexibility index (Phi) is 8.00. The van der Waals surface area contributed by atoms with Crippen LogP contribution in [0, 0.1) is 41.6 Å². The third-order valence-corrected chi connectivity index (χ3v) is 13.3. The topological polar surface area (TPSA) is 188 Å². The number of carbonyl (C=O) groups excluding carboxylic acids is 4. The fourth-order valence-corrected chi connectivity index (χ4v) is 10.9. The second-order valence-corrected chi connectivity index (χ2v) is 16.1. The highest BCUT2D eigenvalue weighted by Gasteiger charge is 2.75. The third kappa shape index (κ3) is 4.67. The Morgan fingerprint density at radius 2 is 1.20 bits per heavy atom. The van der Waals surface area contributed by atoms with E-state index < -0.39 is 46.1 Å². The number of fused-ring (bicyclic) bond motifs is 12. The Balaban J connectivity index is 0.000000146. The Labute approximate surface area is 321 Å². The van der Waals surface area contributed by atoms with Gasteiger partial charge in [0.1, 0.15) is 6.07 Å². The van der Waals surface area contributed by atoms with Crippen molar-refractivity contribution in [3.8, 4) is 6.07 Å². The molecule has 4 amide bonds. The summed E-state index contributed by atoms with van der Waals surface area (Å²) < 4.78 is 12.4. The van der Waals surface area contributed by atoms with Gasteiger partial charge in [0.05, 0.1) is 80.6 Å². The lowest BCUT2D eigenvalue weighted by Gasteiger charge is -2.30. The number of carbonyl (C=O) groups is 4. The quantitative estimate of drug-likeness (QED) is 0.208. The molecule has 10 rings (SSSR count). The first-order valence-electron chi connectivity index (χ1n) is 18.8. The minimum atomic E-state index is -0.781. The lowest BCUT2D eigenvalue weighted by molar-refractivity contribution is -0.133. The van der Waals surface area contributed by atoms with Crippen LogP contribution in [0.3, 0.4) is 0 Å². The first-order valence-corrected chi connectivity index (χ1v) is 18.8. The van der Waals surface area contributed by atoms with Crippen LogP contribution in [0.25, 0.3) is 26.7 Å². The summed E-state index contributed by atoms with van der Waals surface area (Å²) in [5, 5.41) is 29.7. The van der Waals surface area contributed by atoms with E-state index in [0.29, 0.717) is 83.0 Å². The molecule has 284 valence electrons. The second-order valence-electron chi connectivity index (χ2n) is 16.1. The summed E-state index contributed by atoms with van der Waals surface area (Å²) in [4.78, 5) is 68.3. The van der Waals surface area contributed by atoms with Crippen molar-refractivity contribution in [2.75, 3.05) is 23.0 Å². The molecule has 2 aromatic carbocycles. The van der Waals surface area contributed by atoms with Crippen molar-refractivity contribution < 1.29 is 38.9 Å². The number of imide groups is 2. The third-order valence-electron chi connectivity index (χ3n) is 13.3. The van der Waals surface area contributed by atoms with Gasteiger partial charge in [-0.15, -0.1) is 0 Å². The molecule has 14 nitrogen and oxygen atoms in total. The maximum atomic E-state index is 13.5. The lowest BCUT2D eigenvalue weighted by atomic mass is 9.67. The summed E-state index contributed by atoms with van der Waals surface area (Å²) in [5.74, 6) is -3.39. The van der Waals surface area contributed by atoms with Gasteiger partial charge in [0.15, 0.2) is 0 Å². The molecular formula is C42H38N6O8. The Bertz CT molecular complexity index is 2320. The standard InChI is InChI=1S/2C21H19N3O4/c1-20-7-8-21(28-20,9-11-25)16-15(20)18(26)24(19(16)27)14-6-5-13(22-2)17-12(14)4-3-10-23-17;1-20-6-7-21(28-20,8-10-25)16-15(20)18(26)24(19(16)27)14-5-4-12(11-22)17-13(14)3-2-9-23-17/h3-6,10,15-16,25H,7-9,11H2,1H3;2-5,9,15-16,25H,6-8,10H2,1H3/t2*15-,16+,20?,21?/m10/s1. The molecule has 0 spiro atoms. The maximum absolute atomic E-state index is 13.5. The van der Waals surface area contributed by atoms with Crippen LogP contribution in [0.15, 0.2) is 60.9 Å². The summed E-state index contributed by atoms with van der Waals surface area (Å²) >= 11 is 0. The van der Waals surface area contributed by atoms with Gasteiger partial charge in [-0.05, 0) is 75.9 Å². The number of benzene rings is 2. The zero-order valence-corrected chi connectivity index (χ0v) is 30.8. The van der Waals surface area contributed by atoms with Gasteiger partial charge in [-0.1, -0.05) is 12.1 Å². The molecular weight excluding hydrogens is 716 g/mol. The van der Waals surface area contributed by atoms with E-state index in [2.05, 4.69) is 20.9 Å². The van der Waals surface area contributed by atoms with Gasteiger partial charge in [0, 0.05) is 49.2 Å². The number of aromatic nitrogens is 2. The van der Waals surface area contributed by atoms with E-state index in [1.54, 1.807) is 60.9 Å². The normalized spacial score (nSPS) is 33.5. The van der Waals surface area contributed by atoms with Crippen LogP contribution in [0.5, 0.6) is 0 Å². The minimum Gasteiger partial charge on any atom is -0.396 e. The van der Waals surface area contributed by atoms with E-state index in [1.807, 2.05) is 13.8 Å². The number of rotatable bonds is 6. The van der Waals surface area contributed by atoms with Crippen molar-refractivity contribution in [3.63, 3.8) is 0 Å². The van der Waals surface area contributed by atoms with E-state index >= 15 is 0 Å². The van der Waals surface area contributed by atoms with Gasteiger partial charge in [0.25, 0.3) is 0 Å². The average molecular weight is 755 g/mol. The van der Waals surface area contributed by atoms with Crippen LogP contribution < -0.4 is 9.80 Å². The molecule has 2 aromatic heterocycles. The highest BCUT2D eigenvalue weighted by molar-refractivity contribution is 6.27. The fraction of sp³-hybridized carbons (Fsp3) is 0.429. The molecule has 6 aliphatic heterocycles. The molecule has 4 aromatic rings. The first kappa shape index (κ1) is 36.0. The number of amides is 4. The molecule has 6 aliphatic rings. The molecule has 6 fully saturated rings. The molecule has 2 N–H and O–H groups in total. The second kappa shape index (κ2) is 12.4. The molecule has 8 atom stereocenters. The van der Waals surface area contributed by atoms with E-state index in [-0.39, 0.29) is 36.8 Å². The molecule has 0 radical (unpaired) electrons. The number of pyridine rings is 2. The van der Waals surface area contributed by atoms with Crippen molar-refractivity contribution in [2.45, 2.75) is 74.8 Å². The van der Waals surface area contributed by atoms with Gasteiger partial charge < -0.3 is 19.7 Å². The Morgan fingerprint density at radius 3 is 1.68 bits per heavy atom. The number of nitrogens with zero attached hydrogens (tertiary/aromatic N) is 6. The fourth-order valence-electron chi connectivity index (χ4n) is 10.9. The monoisotopic (exact) mass is 754 g/mol. The summed E-state index contributed by atoms with van der Waals surface area (Å²) in [6.07, 6.45) is 6.57. The van der Waals surface area contributed by atoms with Crippen LogP contribution in [0.4, 0.5) is 17.1 Å². The van der Waals surface area contributed by atoms with Gasteiger partial charge in [-0.3, -0.25) is 29.1 Å². The van der Waals surface area contributed by atoms with Gasteiger partial charge in [-0.2, -0.15) is 5.26 Å². The SMILES string of the molecule is CC12CCC(CCO)(O1)[C@H]1C(=O)N(c3ccc(C#N)c4ncccc34)C(=O)[C@H]12.[C-]#[N+]c1ccc(N2C(=O)[C@@H]3[C@H](C2=O)C2(C)CCC3(CCO)O2)c2cccnc12. The van der Waals surface area contributed by atoms with E-state index in [4.69, 9.17) is 16.0 Å². The Morgan fingerprint density at radius 1 is 0.732 bits per heavy atom. The summed E-state index contributed by atoms with van der Waals surface area (Å²) in [6, 6.07) is 15.6. The largest absolute Gasteiger partial charge is 0.396 e. The van der Waals surface area contributed by atoms with Crippen molar-refractivity contribution in [1.82, 2.24) is 9.97 Å². The average Bonchev–Trinajstić information content (AvgIpc) is 3.99.